The highest BCUT2D eigenvalue weighted by atomic mass is 32.2. The maximum atomic E-state index is 4.78. The lowest BCUT2D eigenvalue weighted by Gasteiger charge is -2.07. The first-order valence-electron chi connectivity index (χ1n) is 7.52. The van der Waals surface area contributed by atoms with Crippen LogP contribution in [0.15, 0.2) is 87.7 Å². The second kappa shape index (κ2) is 7.25. The van der Waals surface area contributed by atoms with Crippen molar-refractivity contribution in [1.82, 2.24) is 4.98 Å². The highest BCUT2D eigenvalue weighted by molar-refractivity contribution is 7.99. The Kier molecular flexibility index (Phi) is 4.89. The van der Waals surface area contributed by atoms with Crippen LogP contribution in [0, 0.1) is 6.92 Å². The van der Waals surface area contributed by atoms with Crippen LogP contribution in [0.4, 0.5) is 5.69 Å². The number of hydrogen-bond donors (Lipinski definition) is 0. The fourth-order valence-electron chi connectivity index (χ4n) is 2.18. The standard InChI is InChI=1S/C20H18N2S/c1-15-10-12-17(13-11-15)23-20-9-4-3-8-19(20)22-16(2)18-7-5-6-14-21-18/h3-14H,1-2H3. The van der Waals surface area contributed by atoms with Crippen molar-refractivity contribution < 1.29 is 0 Å². The summed E-state index contributed by atoms with van der Waals surface area (Å²) in [6, 6.07) is 22.6. The van der Waals surface area contributed by atoms with E-state index in [1.54, 1.807) is 18.0 Å². The number of para-hydroxylation sites is 1. The fourth-order valence-corrected chi connectivity index (χ4v) is 3.07. The number of rotatable bonds is 4. The third kappa shape index (κ3) is 4.08. The van der Waals surface area contributed by atoms with Gasteiger partial charge in [-0.25, -0.2) is 0 Å². The van der Waals surface area contributed by atoms with Crippen LogP contribution in [0.1, 0.15) is 18.2 Å². The number of aromatic nitrogens is 1. The molecule has 2 nitrogen and oxygen atoms in total. The number of aryl methyl sites for hydroxylation is 1. The molecule has 0 amide bonds. The highest BCUT2D eigenvalue weighted by Gasteiger charge is 2.05. The molecule has 0 aliphatic rings. The molecule has 0 bridgehead atoms. The highest BCUT2D eigenvalue weighted by Crippen LogP contribution is 2.35. The van der Waals surface area contributed by atoms with Gasteiger partial charge in [0.1, 0.15) is 0 Å². The molecule has 23 heavy (non-hydrogen) atoms. The van der Waals surface area contributed by atoms with Crippen molar-refractivity contribution in [2.45, 2.75) is 23.6 Å². The third-order valence-electron chi connectivity index (χ3n) is 3.44. The van der Waals surface area contributed by atoms with Gasteiger partial charge in [-0.05, 0) is 50.2 Å². The van der Waals surface area contributed by atoms with E-state index in [2.05, 4.69) is 42.2 Å². The van der Waals surface area contributed by atoms with Crippen molar-refractivity contribution in [1.29, 1.82) is 0 Å². The summed E-state index contributed by atoms with van der Waals surface area (Å²) >= 11 is 1.73. The van der Waals surface area contributed by atoms with Crippen LogP contribution >= 0.6 is 11.8 Å². The van der Waals surface area contributed by atoms with Gasteiger partial charge in [0.25, 0.3) is 0 Å². The smallest absolute Gasteiger partial charge is 0.0841 e. The molecule has 0 N–H and O–H groups in total. The van der Waals surface area contributed by atoms with E-state index in [0.717, 1.165) is 22.0 Å². The van der Waals surface area contributed by atoms with Gasteiger partial charge in [-0.1, -0.05) is 47.7 Å². The SMILES string of the molecule is CC(=Nc1ccccc1Sc1ccc(C)cc1)c1ccccn1. The Bertz CT molecular complexity index is 809. The predicted molar refractivity (Wildman–Crippen MR) is 97.9 cm³/mol. The summed E-state index contributed by atoms with van der Waals surface area (Å²) in [5, 5.41) is 0. The predicted octanol–water partition coefficient (Wildman–Crippen LogP) is 5.68. The third-order valence-corrected chi connectivity index (χ3v) is 4.51. The van der Waals surface area contributed by atoms with E-state index in [4.69, 9.17) is 4.99 Å². The van der Waals surface area contributed by atoms with Crippen molar-refractivity contribution in [3.8, 4) is 0 Å². The van der Waals surface area contributed by atoms with Crippen LogP contribution in [-0.2, 0) is 0 Å². The minimum absolute atomic E-state index is 0.905. The Balaban J connectivity index is 1.90. The Labute approximate surface area is 141 Å². The summed E-state index contributed by atoms with van der Waals surface area (Å²) < 4.78 is 0. The van der Waals surface area contributed by atoms with Crippen LogP contribution in [0.2, 0.25) is 0 Å². The summed E-state index contributed by atoms with van der Waals surface area (Å²) in [6.07, 6.45) is 1.79. The first-order valence-corrected chi connectivity index (χ1v) is 8.34. The van der Waals surface area contributed by atoms with Crippen molar-refractivity contribution in [3.63, 3.8) is 0 Å². The zero-order chi connectivity index (χ0) is 16.1. The Morgan fingerprint density at radius 1 is 0.913 bits per heavy atom. The van der Waals surface area contributed by atoms with Gasteiger partial charge >= 0.3 is 0 Å². The molecule has 0 aliphatic heterocycles. The summed E-state index contributed by atoms with van der Waals surface area (Å²) in [7, 11) is 0. The topological polar surface area (TPSA) is 25.2 Å². The van der Waals surface area contributed by atoms with Gasteiger partial charge in [-0.3, -0.25) is 9.98 Å². The number of benzene rings is 2. The fraction of sp³-hybridized carbons (Fsp3) is 0.100. The van der Waals surface area contributed by atoms with E-state index in [1.807, 2.05) is 43.3 Å². The molecular formula is C20H18N2S. The van der Waals surface area contributed by atoms with Crippen molar-refractivity contribution in [2.24, 2.45) is 4.99 Å². The Hall–Kier alpha value is -2.39. The van der Waals surface area contributed by atoms with E-state index in [-0.39, 0.29) is 0 Å². The monoisotopic (exact) mass is 318 g/mol. The number of aliphatic imine (C=N–C) groups is 1. The van der Waals surface area contributed by atoms with Crippen LogP contribution in [0.5, 0.6) is 0 Å². The van der Waals surface area contributed by atoms with E-state index in [1.165, 1.54) is 10.5 Å². The van der Waals surface area contributed by atoms with Gasteiger partial charge in [0, 0.05) is 16.0 Å². The van der Waals surface area contributed by atoms with Crippen LogP contribution in [-0.4, -0.2) is 10.7 Å². The van der Waals surface area contributed by atoms with Gasteiger partial charge in [-0.15, -0.1) is 0 Å². The molecule has 0 saturated carbocycles. The first-order chi connectivity index (χ1) is 11.2. The average Bonchev–Trinajstić information content (AvgIpc) is 2.59. The van der Waals surface area contributed by atoms with Gasteiger partial charge in [-0.2, -0.15) is 0 Å². The molecule has 0 atom stereocenters. The Morgan fingerprint density at radius 3 is 2.39 bits per heavy atom. The maximum Gasteiger partial charge on any atom is 0.0841 e. The Morgan fingerprint density at radius 2 is 1.65 bits per heavy atom. The number of hydrogen-bond acceptors (Lipinski definition) is 3. The molecule has 0 unspecified atom stereocenters. The van der Waals surface area contributed by atoms with E-state index >= 15 is 0 Å². The summed E-state index contributed by atoms with van der Waals surface area (Å²) in [4.78, 5) is 11.5. The average molecular weight is 318 g/mol. The number of nitrogens with zero attached hydrogens (tertiary/aromatic N) is 2. The minimum atomic E-state index is 0.905. The summed E-state index contributed by atoms with van der Waals surface area (Å²) in [6.45, 7) is 4.10. The summed E-state index contributed by atoms with van der Waals surface area (Å²) in [5.74, 6) is 0. The second-order valence-electron chi connectivity index (χ2n) is 5.30. The molecule has 114 valence electrons. The van der Waals surface area contributed by atoms with E-state index in [9.17, 15) is 0 Å². The van der Waals surface area contributed by atoms with Crippen LogP contribution in [0.25, 0.3) is 0 Å². The van der Waals surface area contributed by atoms with Gasteiger partial charge in [0.15, 0.2) is 0 Å². The van der Waals surface area contributed by atoms with Crippen molar-refractivity contribution >= 4 is 23.2 Å². The van der Waals surface area contributed by atoms with E-state index in [0.29, 0.717) is 0 Å². The largest absolute Gasteiger partial charge is 0.255 e. The molecule has 3 aromatic rings. The van der Waals surface area contributed by atoms with Gasteiger partial charge < -0.3 is 0 Å². The molecule has 0 radical (unpaired) electrons. The van der Waals surface area contributed by atoms with Crippen LogP contribution in [0.3, 0.4) is 0 Å². The molecule has 2 aromatic carbocycles. The lowest BCUT2D eigenvalue weighted by atomic mass is 10.2. The van der Waals surface area contributed by atoms with Crippen molar-refractivity contribution in [2.75, 3.05) is 0 Å². The summed E-state index contributed by atoms with van der Waals surface area (Å²) in [5.41, 5.74) is 4.07. The molecule has 3 heteroatoms. The minimum Gasteiger partial charge on any atom is -0.255 e. The number of pyridine rings is 1. The molecular weight excluding hydrogens is 300 g/mol. The maximum absolute atomic E-state index is 4.78. The first kappa shape index (κ1) is 15.5. The molecule has 1 heterocycles. The van der Waals surface area contributed by atoms with Gasteiger partial charge in [0.05, 0.1) is 17.1 Å². The molecule has 0 saturated heterocycles. The lowest BCUT2D eigenvalue weighted by molar-refractivity contribution is 1.27. The zero-order valence-corrected chi connectivity index (χ0v) is 14.0. The molecule has 3 rings (SSSR count). The molecule has 0 aliphatic carbocycles. The van der Waals surface area contributed by atoms with E-state index < -0.39 is 0 Å². The zero-order valence-electron chi connectivity index (χ0n) is 13.2. The van der Waals surface area contributed by atoms with Crippen molar-refractivity contribution in [3.05, 3.63) is 84.2 Å². The lowest BCUT2D eigenvalue weighted by Crippen LogP contribution is -1.96. The quantitative estimate of drug-likeness (QED) is 0.578. The molecule has 0 spiro atoms. The van der Waals surface area contributed by atoms with Gasteiger partial charge in [0.2, 0.25) is 0 Å². The second-order valence-corrected chi connectivity index (χ2v) is 6.41. The van der Waals surface area contributed by atoms with Crippen LogP contribution < -0.4 is 0 Å². The molecule has 0 fully saturated rings. The molecule has 1 aromatic heterocycles. The normalized spacial score (nSPS) is 11.5.